The molecule has 25 heavy (non-hydrogen) atoms. The van der Waals surface area contributed by atoms with E-state index >= 15 is 0 Å². The van der Waals surface area contributed by atoms with E-state index in [0.29, 0.717) is 0 Å². The van der Waals surface area contributed by atoms with Gasteiger partial charge < -0.3 is 14.6 Å². The van der Waals surface area contributed by atoms with Gasteiger partial charge in [0.05, 0.1) is 23.2 Å². The van der Waals surface area contributed by atoms with Crippen LogP contribution in [0, 0.1) is 6.92 Å². The number of carbonyl (C=O) groups excluding carboxylic acids is 1. The van der Waals surface area contributed by atoms with Crippen LogP contribution in [-0.4, -0.2) is 40.5 Å². The van der Waals surface area contributed by atoms with Crippen molar-refractivity contribution in [3.8, 4) is 0 Å². The fraction of sp³-hybridized carbons (Fsp3) is 0.500. The molecule has 0 unspecified atom stereocenters. The lowest BCUT2D eigenvalue weighted by atomic mass is 9.96. The summed E-state index contributed by atoms with van der Waals surface area (Å²) >= 11 is 0. The largest absolute Gasteiger partial charge is 0.498 e. The molecule has 5 nitrogen and oxygen atoms in total. The number of aromatic nitrogens is 2. The van der Waals surface area contributed by atoms with E-state index in [0.717, 1.165) is 73.6 Å². The Balaban J connectivity index is 1.54. The van der Waals surface area contributed by atoms with Gasteiger partial charge in [-0.3, -0.25) is 4.79 Å². The first-order chi connectivity index (χ1) is 12.1. The first-order valence-corrected chi connectivity index (χ1v) is 9.20. The maximum absolute atomic E-state index is 12.9. The van der Waals surface area contributed by atoms with Crippen LogP contribution in [0.5, 0.6) is 0 Å². The van der Waals surface area contributed by atoms with E-state index in [9.17, 15) is 4.79 Å². The minimum Gasteiger partial charge on any atom is -0.498 e. The zero-order valence-corrected chi connectivity index (χ0v) is 15.0. The van der Waals surface area contributed by atoms with E-state index in [1.807, 2.05) is 11.8 Å². The van der Waals surface area contributed by atoms with Crippen LogP contribution in [0.2, 0.25) is 0 Å². The number of amides is 1. The van der Waals surface area contributed by atoms with Gasteiger partial charge >= 0.3 is 0 Å². The summed E-state index contributed by atoms with van der Waals surface area (Å²) in [6.45, 7) is 6.28. The highest BCUT2D eigenvalue weighted by Crippen LogP contribution is 2.29. The van der Waals surface area contributed by atoms with Crippen LogP contribution in [-0.2, 0) is 9.53 Å². The van der Waals surface area contributed by atoms with E-state index in [-0.39, 0.29) is 11.8 Å². The molecular formula is C20H25N3O2. The van der Waals surface area contributed by atoms with Crippen LogP contribution in [0.3, 0.4) is 0 Å². The molecule has 0 spiro atoms. The number of allylic oxidation sites excluding steroid dienone is 1. The summed E-state index contributed by atoms with van der Waals surface area (Å²) in [5.74, 6) is 2.23. The van der Waals surface area contributed by atoms with E-state index in [4.69, 9.17) is 9.72 Å². The predicted molar refractivity (Wildman–Crippen MR) is 97.3 cm³/mol. The van der Waals surface area contributed by atoms with Crippen molar-refractivity contribution in [1.82, 2.24) is 14.9 Å². The molecule has 1 aromatic heterocycles. The Hall–Kier alpha value is -2.30. The van der Waals surface area contributed by atoms with Gasteiger partial charge in [-0.15, -0.1) is 0 Å². The van der Waals surface area contributed by atoms with Gasteiger partial charge in [-0.25, -0.2) is 4.98 Å². The number of likely N-dealkylation sites (tertiary alicyclic amines) is 1. The van der Waals surface area contributed by atoms with E-state index in [1.165, 1.54) is 5.56 Å². The zero-order valence-electron chi connectivity index (χ0n) is 15.0. The van der Waals surface area contributed by atoms with Crippen LogP contribution in [0.4, 0.5) is 0 Å². The third-order valence-electron chi connectivity index (χ3n) is 5.32. The van der Waals surface area contributed by atoms with Crippen LogP contribution < -0.4 is 0 Å². The van der Waals surface area contributed by atoms with Crippen LogP contribution in [0.25, 0.3) is 11.0 Å². The highest BCUT2D eigenvalue weighted by molar-refractivity contribution is 5.94. The molecule has 2 aromatic rings. The lowest BCUT2D eigenvalue weighted by Gasteiger charge is -2.33. The molecule has 0 aliphatic carbocycles. The second kappa shape index (κ2) is 6.54. The molecule has 0 bridgehead atoms. The quantitative estimate of drug-likeness (QED) is 0.908. The Bertz CT molecular complexity index is 837. The minimum atomic E-state index is 0.147. The average Bonchev–Trinajstić information content (AvgIpc) is 3.05. The Morgan fingerprint density at radius 2 is 2.20 bits per heavy atom. The lowest BCUT2D eigenvalue weighted by Crippen LogP contribution is -2.40. The van der Waals surface area contributed by atoms with Gasteiger partial charge in [0.15, 0.2) is 0 Å². The molecule has 1 saturated heterocycles. The Morgan fingerprint density at radius 3 is 3.04 bits per heavy atom. The number of fused-ring (bicyclic) bond motifs is 1. The van der Waals surface area contributed by atoms with Crippen molar-refractivity contribution in [2.24, 2.45) is 0 Å². The molecule has 1 N–H and O–H groups in total. The van der Waals surface area contributed by atoms with Gasteiger partial charge in [0.2, 0.25) is 0 Å². The minimum absolute atomic E-state index is 0.147. The van der Waals surface area contributed by atoms with Crippen molar-refractivity contribution < 1.29 is 9.53 Å². The third kappa shape index (κ3) is 3.15. The molecule has 0 radical (unpaired) electrons. The average molecular weight is 339 g/mol. The fourth-order valence-corrected chi connectivity index (χ4v) is 3.91. The highest BCUT2D eigenvalue weighted by atomic mass is 16.5. The molecule has 1 amide bonds. The number of ether oxygens (including phenoxy) is 1. The molecule has 1 atom stereocenters. The number of aryl methyl sites for hydroxylation is 1. The number of benzene rings is 1. The van der Waals surface area contributed by atoms with Gasteiger partial charge in [0.1, 0.15) is 11.6 Å². The second-order valence-corrected chi connectivity index (χ2v) is 7.22. The molecule has 2 aliphatic heterocycles. The summed E-state index contributed by atoms with van der Waals surface area (Å²) in [5.41, 5.74) is 4.16. The first kappa shape index (κ1) is 16.2. The number of rotatable bonds is 2. The summed E-state index contributed by atoms with van der Waals surface area (Å²) in [4.78, 5) is 23.1. The Morgan fingerprint density at radius 1 is 1.32 bits per heavy atom. The summed E-state index contributed by atoms with van der Waals surface area (Å²) in [5, 5.41) is 0. The van der Waals surface area contributed by atoms with Crippen LogP contribution >= 0.6 is 0 Å². The van der Waals surface area contributed by atoms with E-state index in [1.54, 1.807) is 0 Å². The summed E-state index contributed by atoms with van der Waals surface area (Å²) < 4.78 is 5.58. The SMILES string of the molecule is CC1=C(C(=O)N2CCC[C@H](c3nc4ccc(C)cc4[nH]3)C2)CCCO1. The van der Waals surface area contributed by atoms with Crippen molar-refractivity contribution >= 4 is 16.9 Å². The molecule has 0 saturated carbocycles. The maximum atomic E-state index is 12.9. The van der Waals surface area contributed by atoms with Crippen molar-refractivity contribution in [2.75, 3.05) is 19.7 Å². The monoisotopic (exact) mass is 339 g/mol. The predicted octanol–water partition coefficient (Wildman–Crippen LogP) is 3.66. The number of hydrogen-bond acceptors (Lipinski definition) is 3. The van der Waals surface area contributed by atoms with E-state index in [2.05, 4.69) is 30.1 Å². The topological polar surface area (TPSA) is 58.2 Å². The summed E-state index contributed by atoms with van der Waals surface area (Å²) in [6, 6.07) is 6.27. The van der Waals surface area contributed by atoms with Gasteiger partial charge in [0.25, 0.3) is 5.91 Å². The number of H-pyrrole nitrogens is 1. The standard InChI is InChI=1S/C20H25N3O2/c1-13-7-8-17-18(11-13)22-19(21-17)15-5-3-9-23(12-15)20(24)16-6-4-10-25-14(16)2/h7-8,11,15H,3-6,9-10,12H2,1-2H3,(H,21,22)/t15-/m0/s1. The zero-order chi connectivity index (χ0) is 17.4. The first-order valence-electron chi connectivity index (χ1n) is 9.20. The Kier molecular flexibility index (Phi) is 4.24. The fourth-order valence-electron chi connectivity index (χ4n) is 3.91. The number of nitrogens with zero attached hydrogens (tertiary/aromatic N) is 2. The normalized spacial score (nSPS) is 21.5. The molecule has 132 valence electrons. The molecule has 2 aliphatic rings. The van der Waals surface area contributed by atoms with E-state index < -0.39 is 0 Å². The number of carbonyl (C=O) groups is 1. The van der Waals surface area contributed by atoms with Crippen molar-refractivity contribution in [1.29, 1.82) is 0 Å². The molecule has 1 aromatic carbocycles. The van der Waals surface area contributed by atoms with Gasteiger partial charge in [-0.1, -0.05) is 6.07 Å². The van der Waals surface area contributed by atoms with Gasteiger partial charge in [-0.2, -0.15) is 0 Å². The number of aromatic amines is 1. The summed E-state index contributed by atoms with van der Waals surface area (Å²) in [7, 11) is 0. The van der Waals surface area contributed by atoms with Crippen molar-refractivity contribution in [2.45, 2.75) is 45.4 Å². The maximum Gasteiger partial charge on any atom is 0.253 e. The molecule has 4 rings (SSSR count). The number of hydrogen-bond donors (Lipinski definition) is 1. The van der Waals surface area contributed by atoms with Crippen LogP contribution in [0.1, 0.15) is 49.9 Å². The molecule has 3 heterocycles. The van der Waals surface area contributed by atoms with Crippen LogP contribution in [0.15, 0.2) is 29.5 Å². The molecule has 5 heteroatoms. The second-order valence-electron chi connectivity index (χ2n) is 7.22. The van der Waals surface area contributed by atoms with Gasteiger partial charge in [0, 0.05) is 19.0 Å². The number of nitrogens with one attached hydrogen (secondary N) is 1. The number of piperidine rings is 1. The summed E-state index contributed by atoms with van der Waals surface area (Å²) in [6.07, 6.45) is 3.84. The lowest BCUT2D eigenvalue weighted by molar-refractivity contribution is -0.129. The smallest absolute Gasteiger partial charge is 0.253 e. The third-order valence-corrected chi connectivity index (χ3v) is 5.32. The van der Waals surface area contributed by atoms with Crippen molar-refractivity contribution in [3.05, 3.63) is 40.9 Å². The van der Waals surface area contributed by atoms with Crippen molar-refractivity contribution in [3.63, 3.8) is 0 Å². The molecule has 1 fully saturated rings. The Labute approximate surface area is 148 Å². The number of imidazole rings is 1. The highest BCUT2D eigenvalue weighted by Gasteiger charge is 2.30. The van der Waals surface area contributed by atoms with Gasteiger partial charge in [-0.05, 0) is 57.2 Å². The molecular weight excluding hydrogens is 314 g/mol.